The zero-order valence-electron chi connectivity index (χ0n) is 8.77. The van der Waals surface area contributed by atoms with Crippen molar-refractivity contribution in [3.8, 4) is 0 Å². The summed E-state index contributed by atoms with van der Waals surface area (Å²) < 4.78 is 5.65. The fourth-order valence-electron chi connectivity index (χ4n) is 1.54. The minimum absolute atomic E-state index is 0.165. The fraction of sp³-hybridized carbons (Fsp3) is 0.364. The number of rotatable bonds is 1. The van der Waals surface area contributed by atoms with E-state index in [2.05, 4.69) is 5.10 Å². The topological polar surface area (TPSA) is 24.8 Å². The fourth-order valence-corrected chi connectivity index (χ4v) is 1.66. The summed E-state index contributed by atoms with van der Waals surface area (Å²) in [6, 6.07) is 7.49. The second-order valence-electron chi connectivity index (χ2n) is 3.68. The molecule has 0 saturated heterocycles. The van der Waals surface area contributed by atoms with Gasteiger partial charge in [-0.3, -0.25) is 5.01 Å². The maximum Gasteiger partial charge on any atom is 0.238 e. The molecule has 2 rings (SSSR count). The highest BCUT2D eigenvalue weighted by Crippen LogP contribution is 2.14. The lowest BCUT2D eigenvalue weighted by atomic mass is 10.2. The Morgan fingerprint density at radius 2 is 2.07 bits per heavy atom. The molecule has 3 nitrogen and oxygen atoms in total. The van der Waals surface area contributed by atoms with Crippen molar-refractivity contribution in [3.05, 3.63) is 34.9 Å². The molecule has 1 unspecified atom stereocenters. The van der Waals surface area contributed by atoms with Gasteiger partial charge in [0, 0.05) is 17.6 Å². The highest BCUT2D eigenvalue weighted by atomic mass is 35.5. The van der Waals surface area contributed by atoms with Crippen LogP contribution in [-0.2, 0) is 4.74 Å². The second kappa shape index (κ2) is 4.11. The summed E-state index contributed by atoms with van der Waals surface area (Å²) >= 11 is 5.82. The maximum absolute atomic E-state index is 5.82. The van der Waals surface area contributed by atoms with Gasteiger partial charge in [0.05, 0.1) is 6.54 Å². The number of ether oxygens (including phenoxy) is 1. The summed E-state index contributed by atoms with van der Waals surface area (Å²) in [5, 5.41) is 6.92. The van der Waals surface area contributed by atoms with Gasteiger partial charge >= 0.3 is 0 Å². The van der Waals surface area contributed by atoms with Gasteiger partial charge < -0.3 is 4.74 Å². The Morgan fingerprint density at radius 1 is 1.40 bits per heavy atom. The normalized spacial score (nSPS) is 20.9. The Morgan fingerprint density at radius 3 is 2.67 bits per heavy atom. The first kappa shape index (κ1) is 10.3. The predicted molar refractivity (Wildman–Crippen MR) is 61.2 cm³/mol. The number of hydrogen-bond acceptors (Lipinski definition) is 3. The molecule has 0 aromatic heterocycles. The third-order valence-electron chi connectivity index (χ3n) is 2.19. The van der Waals surface area contributed by atoms with Crippen molar-refractivity contribution in [2.24, 2.45) is 5.10 Å². The number of benzene rings is 1. The largest absolute Gasteiger partial charge is 0.471 e. The Labute approximate surface area is 94.3 Å². The molecule has 1 aromatic carbocycles. The lowest BCUT2D eigenvalue weighted by molar-refractivity contribution is 0.120. The molecule has 0 amide bonds. The third-order valence-corrected chi connectivity index (χ3v) is 2.44. The van der Waals surface area contributed by atoms with Crippen LogP contribution in [-0.4, -0.2) is 30.6 Å². The van der Waals surface area contributed by atoms with E-state index in [1.807, 2.05) is 43.2 Å². The zero-order valence-corrected chi connectivity index (χ0v) is 9.53. The van der Waals surface area contributed by atoms with Crippen LogP contribution in [0.2, 0.25) is 5.02 Å². The van der Waals surface area contributed by atoms with Crippen molar-refractivity contribution < 1.29 is 4.74 Å². The molecule has 0 saturated carbocycles. The van der Waals surface area contributed by atoms with Crippen LogP contribution in [0.1, 0.15) is 12.5 Å². The quantitative estimate of drug-likeness (QED) is 0.732. The first-order chi connectivity index (χ1) is 7.15. The smallest absolute Gasteiger partial charge is 0.238 e. The van der Waals surface area contributed by atoms with E-state index in [0.717, 1.165) is 17.1 Å². The number of hydrogen-bond donors (Lipinski definition) is 0. The van der Waals surface area contributed by atoms with E-state index >= 15 is 0 Å². The predicted octanol–water partition coefficient (Wildman–Crippen LogP) is 2.35. The van der Waals surface area contributed by atoms with Gasteiger partial charge in [0.25, 0.3) is 0 Å². The Bertz CT molecular complexity index is 375. The monoisotopic (exact) mass is 224 g/mol. The van der Waals surface area contributed by atoms with E-state index in [9.17, 15) is 0 Å². The standard InChI is InChI=1S/C11H13ClN2O/c1-8-7-14(2)13-11(15-8)9-3-5-10(12)6-4-9/h3-6,8H,7H2,1-2H3. The van der Waals surface area contributed by atoms with Crippen molar-refractivity contribution in [1.29, 1.82) is 0 Å². The molecule has 1 aromatic rings. The minimum Gasteiger partial charge on any atom is -0.471 e. The van der Waals surface area contributed by atoms with Crippen LogP contribution in [0.5, 0.6) is 0 Å². The molecule has 1 aliphatic rings. The lowest BCUT2D eigenvalue weighted by Crippen LogP contribution is -2.34. The van der Waals surface area contributed by atoms with Crippen molar-refractivity contribution in [2.45, 2.75) is 13.0 Å². The minimum atomic E-state index is 0.165. The summed E-state index contributed by atoms with van der Waals surface area (Å²) in [7, 11) is 1.94. The van der Waals surface area contributed by atoms with E-state index in [-0.39, 0.29) is 6.10 Å². The van der Waals surface area contributed by atoms with E-state index in [0.29, 0.717) is 5.90 Å². The number of halogens is 1. The van der Waals surface area contributed by atoms with Crippen LogP contribution in [0.4, 0.5) is 0 Å². The highest BCUT2D eigenvalue weighted by molar-refractivity contribution is 6.30. The van der Waals surface area contributed by atoms with Gasteiger partial charge in [-0.25, -0.2) is 0 Å². The molecular formula is C11H13ClN2O. The first-order valence-electron chi connectivity index (χ1n) is 4.87. The third kappa shape index (κ3) is 2.42. The molecule has 80 valence electrons. The van der Waals surface area contributed by atoms with E-state index < -0.39 is 0 Å². The van der Waals surface area contributed by atoms with Crippen LogP contribution in [0.15, 0.2) is 29.4 Å². The average molecular weight is 225 g/mol. The van der Waals surface area contributed by atoms with Crippen molar-refractivity contribution in [3.63, 3.8) is 0 Å². The van der Waals surface area contributed by atoms with Gasteiger partial charge in [0.15, 0.2) is 0 Å². The summed E-state index contributed by atoms with van der Waals surface area (Å²) in [4.78, 5) is 0. The SMILES string of the molecule is CC1CN(C)N=C(c2ccc(Cl)cc2)O1. The molecule has 1 aliphatic heterocycles. The van der Waals surface area contributed by atoms with Crippen LogP contribution in [0.3, 0.4) is 0 Å². The molecule has 1 heterocycles. The Hall–Kier alpha value is -1.22. The van der Waals surface area contributed by atoms with Gasteiger partial charge in [-0.15, -0.1) is 5.10 Å². The molecule has 0 spiro atoms. The Balaban J connectivity index is 2.26. The molecule has 0 N–H and O–H groups in total. The van der Waals surface area contributed by atoms with Crippen molar-refractivity contribution in [2.75, 3.05) is 13.6 Å². The van der Waals surface area contributed by atoms with E-state index in [4.69, 9.17) is 16.3 Å². The van der Waals surface area contributed by atoms with Crippen LogP contribution >= 0.6 is 11.6 Å². The van der Waals surface area contributed by atoms with Crippen LogP contribution in [0.25, 0.3) is 0 Å². The first-order valence-corrected chi connectivity index (χ1v) is 5.25. The second-order valence-corrected chi connectivity index (χ2v) is 4.12. The van der Waals surface area contributed by atoms with Crippen molar-refractivity contribution in [1.82, 2.24) is 5.01 Å². The molecule has 1 atom stereocenters. The average Bonchev–Trinajstić information content (AvgIpc) is 2.17. The Kier molecular flexibility index (Phi) is 2.82. The van der Waals surface area contributed by atoms with Crippen LogP contribution in [0, 0.1) is 0 Å². The van der Waals surface area contributed by atoms with Crippen molar-refractivity contribution >= 4 is 17.5 Å². The van der Waals surface area contributed by atoms with Crippen LogP contribution < -0.4 is 0 Å². The summed E-state index contributed by atoms with van der Waals surface area (Å²) in [6.07, 6.45) is 0.165. The summed E-state index contributed by atoms with van der Waals surface area (Å²) in [6.45, 7) is 2.85. The van der Waals surface area contributed by atoms with Gasteiger partial charge in [0.1, 0.15) is 6.10 Å². The molecular weight excluding hydrogens is 212 g/mol. The zero-order chi connectivity index (χ0) is 10.8. The van der Waals surface area contributed by atoms with E-state index in [1.54, 1.807) is 0 Å². The number of hydrazone groups is 1. The molecule has 0 bridgehead atoms. The molecule has 0 fully saturated rings. The van der Waals surface area contributed by atoms with Gasteiger partial charge in [-0.05, 0) is 31.2 Å². The number of nitrogens with zero attached hydrogens (tertiary/aromatic N) is 2. The molecule has 4 heteroatoms. The molecule has 0 aliphatic carbocycles. The van der Waals surface area contributed by atoms with Gasteiger partial charge in [-0.1, -0.05) is 11.6 Å². The maximum atomic E-state index is 5.82. The van der Waals surface area contributed by atoms with Gasteiger partial charge in [-0.2, -0.15) is 0 Å². The van der Waals surface area contributed by atoms with Gasteiger partial charge in [0.2, 0.25) is 5.90 Å². The number of likely N-dealkylation sites (N-methyl/N-ethyl adjacent to an activating group) is 1. The highest BCUT2D eigenvalue weighted by Gasteiger charge is 2.17. The molecule has 15 heavy (non-hydrogen) atoms. The van der Waals surface area contributed by atoms with E-state index in [1.165, 1.54) is 0 Å². The summed E-state index contributed by atoms with van der Waals surface area (Å²) in [5.74, 6) is 0.660. The molecule has 0 radical (unpaired) electrons. The summed E-state index contributed by atoms with van der Waals surface area (Å²) in [5.41, 5.74) is 0.956. The lowest BCUT2D eigenvalue weighted by Gasteiger charge is -2.27.